The van der Waals surface area contributed by atoms with Gasteiger partial charge in [0.1, 0.15) is 6.29 Å². The lowest BCUT2D eigenvalue weighted by Gasteiger charge is -2.30. The van der Waals surface area contributed by atoms with Gasteiger partial charge in [-0.2, -0.15) is 0 Å². The number of anilines is 1. The van der Waals surface area contributed by atoms with E-state index in [1.165, 1.54) is 7.05 Å². The second-order valence-electron chi connectivity index (χ2n) is 8.87. The van der Waals surface area contributed by atoms with Crippen LogP contribution in [0.3, 0.4) is 0 Å². The number of aromatic nitrogens is 1. The average Bonchev–Trinajstić information content (AvgIpc) is 2.89. The Hall–Kier alpha value is -1.72. The number of hydrogen-bond acceptors (Lipinski definition) is 9. The number of nitrogens with one attached hydrogen (secondary N) is 1. The smallest absolute Gasteiger partial charge is 0.414 e. The van der Waals surface area contributed by atoms with Gasteiger partial charge in [0.05, 0.1) is 17.8 Å². The van der Waals surface area contributed by atoms with E-state index in [4.69, 9.17) is 35.9 Å². The number of carbonyl (C=O) groups excluding carboxylic acids is 2. The predicted octanol–water partition coefficient (Wildman–Crippen LogP) is 4.28. The van der Waals surface area contributed by atoms with Gasteiger partial charge in [-0.15, -0.1) is 0 Å². The monoisotopic (exact) mass is 622 g/mol. The van der Waals surface area contributed by atoms with Crippen molar-refractivity contribution >= 4 is 56.5 Å². The van der Waals surface area contributed by atoms with Crippen molar-refractivity contribution in [3.8, 4) is 0 Å². The summed E-state index contributed by atoms with van der Waals surface area (Å²) in [6.07, 6.45) is 4.84. The fourth-order valence-electron chi connectivity index (χ4n) is 3.93. The van der Waals surface area contributed by atoms with Crippen molar-refractivity contribution in [1.82, 2.24) is 15.2 Å². The number of benzene rings is 1. The summed E-state index contributed by atoms with van der Waals surface area (Å²) in [4.78, 5) is 65.6. The molecule has 0 aliphatic carbocycles. The molecule has 2 aromatic rings. The van der Waals surface area contributed by atoms with Gasteiger partial charge in [-0.3, -0.25) is 19.8 Å². The molecule has 5 N–H and O–H groups in total. The molecule has 226 valence electrons. The van der Waals surface area contributed by atoms with Crippen LogP contribution in [-0.4, -0.2) is 86.7 Å². The fourth-order valence-corrected chi connectivity index (χ4v) is 5.74. The highest BCUT2D eigenvalue weighted by atomic mass is 35.5. The van der Waals surface area contributed by atoms with E-state index in [1.807, 2.05) is 19.1 Å². The van der Waals surface area contributed by atoms with Crippen molar-refractivity contribution in [2.45, 2.75) is 58.0 Å². The lowest BCUT2D eigenvalue weighted by molar-refractivity contribution is -0.108. The molecule has 1 aromatic heterocycles. The maximum atomic E-state index is 13.0. The van der Waals surface area contributed by atoms with Gasteiger partial charge in [0.15, 0.2) is 13.9 Å². The predicted molar refractivity (Wildman–Crippen MR) is 159 cm³/mol. The molecule has 0 fully saturated rings. The summed E-state index contributed by atoms with van der Waals surface area (Å²) in [5.41, 5.74) is -0.0519. The van der Waals surface area contributed by atoms with Crippen LogP contribution in [0.5, 0.6) is 0 Å². The maximum Gasteiger partial charge on any atom is 0.414 e. The van der Waals surface area contributed by atoms with Crippen LogP contribution in [0, 0.1) is 0 Å². The van der Waals surface area contributed by atoms with Crippen molar-refractivity contribution in [2.75, 3.05) is 38.2 Å². The first kappa shape index (κ1) is 36.3. The van der Waals surface area contributed by atoms with Crippen LogP contribution in [0.4, 0.5) is 10.5 Å². The van der Waals surface area contributed by atoms with Gasteiger partial charge in [0.25, 0.3) is 0 Å². The Morgan fingerprint density at radius 1 is 1.23 bits per heavy atom. The van der Waals surface area contributed by atoms with Crippen molar-refractivity contribution < 1.29 is 38.5 Å². The highest BCUT2D eigenvalue weighted by Gasteiger charge is 2.33. The van der Waals surface area contributed by atoms with E-state index in [0.29, 0.717) is 17.9 Å². The minimum absolute atomic E-state index is 0.0552. The molecule has 15 heteroatoms. The molecule has 0 aliphatic heterocycles. The number of hydrogen-bond donors (Lipinski definition) is 5. The Balaban J connectivity index is 0.000000680. The lowest BCUT2D eigenvalue weighted by Crippen LogP contribution is -2.40. The van der Waals surface area contributed by atoms with Crippen LogP contribution in [0.25, 0.3) is 10.9 Å². The van der Waals surface area contributed by atoms with E-state index in [-0.39, 0.29) is 12.6 Å². The summed E-state index contributed by atoms with van der Waals surface area (Å²) in [7, 11) is -5.80. The zero-order valence-corrected chi connectivity index (χ0v) is 25.9. The zero-order valence-electron chi connectivity index (χ0n) is 23.3. The number of unbranched alkanes of at least 4 members (excludes halogenated alkanes) is 1. The molecular formula is C25H41ClN4O8P2. The first-order chi connectivity index (χ1) is 18.9. The number of nitrogens with zero attached hydrogens (tertiary/aromatic N) is 3. The molecule has 0 aliphatic rings. The van der Waals surface area contributed by atoms with E-state index in [9.17, 15) is 14.2 Å². The molecule has 0 saturated heterocycles. The number of amides is 1. The highest BCUT2D eigenvalue weighted by Crippen LogP contribution is 2.52. The number of rotatable bonds is 15. The molecule has 0 saturated carbocycles. The summed E-state index contributed by atoms with van der Waals surface area (Å²) in [6.45, 7) is 9.60. The molecule has 0 bridgehead atoms. The number of fused-ring (bicyclic) bond motifs is 1. The summed E-state index contributed by atoms with van der Waals surface area (Å²) in [5, 5.41) is 3.56. The molecule has 0 radical (unpaired) electrons. The van der Waals surface area contributed by atoms with Gasteiger partial charge < -0.3 is 34.0 Å². The van der Waals surface area contributed by atoms with Crippen LogP contribution < -0.4 is 10.2 Å². The quantitative estimate of drug-likeness (QED) is 0.109. The van der Waals surface area contributed by atoms with Crippen molar-refractivity contribution in [1.29, 1.82) is 0 Å². The van der Waals surface area contributed by atoms with Gasteiger partial charge in [-0.1, -0.05) is 25.4 Å². The van der Waals surface area contributed by atoms with E-state index in [0.717, 1.165) is 55.4 Å². The lowest BCUT2D eigenvalue weighted by atomic mass is 10.1. The Morgan fingerprint density at radius 3 is 2.42 bits per heavy atom. The third-order valence-electron chi connectivity index (χ3n) is 6.06. The largest absolute Gasteiger partial charge is 0.449 e. The molecule has 2 unspecified atom stereocenters. The molecule has 2 atom stereocenters. The Labute approximate surface area is 241 Å². The standard InChI is InChI=1S/C23H32ClN3O3.C2H9NO5P2/c1-4-26(5-2)14-8-9-18(3)27(23(29)30-16-7-6-15-28)22-12-13-25-21-17-19(24)10-11-20(21)22;1-3-2(9(4)5)10(6,7)8/h10-13,15,17-18H,4-9,14,16H2,1-3H3;2-5H,1H3,(H2,6,7,8). The van der Waals surface area contributed by atoms with Crippen molar-refractivity contribution in [3.63, 3.8) is 0 Å². The SMILES string of the molecule is CCN(CC)CCCC(C)N(C(=O)OCCCC=O)c1ccnc2cc(Cl)ccc12.CNC(P(O)O)P(=O)(O)O. The first-order valence-electron chi connectivity index (χ1n) is 13.0. The van der Waals surface area contributed by atoms with Crippen LogP contribution in [0.15, 0.2) is 30.5 Å². The third kappa shape index (κ3) is 12.0. The second kappa shape index (κ2) is 18.7. The van der Waals surface area contributed by atoms with Crippen molar-refractivity contribution in [2.24, 2.45) is 0 Å². The maximum absolute atomic E-state index is 13.0. The zero-order chi connectivity index (χ0) is 30.3. The van der Waals surface area contributed by atoms with Gasteiger partial charge in [-0.05, 0) is 77.1 Å². The highest BCUT2D eigenvalue weighted by molar-refractivity contribution is 7.67. The average molecular weight is 623 g/mol. The van der Waals surface area contributed by atoms with Gasteiger partial charge in [0.2, 0.25) is 0 Å². The Kier molecular flexibility index (Phi) is 16.9. The Morgan fingerprint density at radius 2 is 1.90 bits per heavy atom. The number of pyridine rings is 1. The van der Waals surface area contributed by atoms with E-state index < -0.39 is 27.6 Å². The summed E-state index contributed by atoms with van der Waals surface area (Å²) < 4.78 is 15.8. The molecule has 1 heterocycles. The molecule has 0 spiro atoms. The molecule has 1 aromatic carbocycles. The minimum Gasteiger partial charge on any atom is -0.449 e. The topological polar surface area (TPSA) is 173 Å². The van der Waals surface area contributed by atoms with Crippen LogP contribution >= 0.6 is 27.6 Å². The summed E-state index contributed by atoms with van der Waals surface area (Å²) >= 11 is 6.12. The molecule has 12 nitrogen and oxygen atoms in total. The molecule has 40 heavy (non-hydrogen) atoms. The molecular weight excluding hydrogens is 582 g/mol. The van der Waals surface area contributed by atoms with E-state index in [1.54, 1.807) is 23.2 Å². The van der Waals surface area contributed by atoms with E-state index >= 15 is 0 Å². The Bertz CT molecular complexity index is 1100. The summed E-state index contributed by atoms with van der Waals surface area (Å²) in [6, 6.07) is 7.26. The first-order valence-corrected chi connectivity index (χ1v) is 16.3. The van der Waals surface area contributed by atoms with E-state index in [2.05, 4.69) is 29.0 Å². The second-order valence-corrected chi connectivity index (χ2v) is 12.6. The normalized spacial score (nSPS) is 13.1. The van der Waals surface area contributed by atoms with Gasteiger partial charge in [0, 0.05) is 29.1 Å². The van der Waals surface area contributed by atoms with Gasteiger partial charge in [-0.25, -0.2) is 4.79 Å². The molecule has 1 amide bonds. The van der Waals surface area contributed by atoms with Crippen molar-refractivity contribution in [3.05, 3.63) is 35.5 Å². The fraction of sp³-hybridized carbons (Fsp3) is 0.560. The number of ether oxygens (including phenoxy) is 1. The van der Waals surface area contributed by atoms with Crippen LogP contribution in [-0.2, 0) is 14.1 Å². The third-order valence-corrected chi connectivity index (χ3v) is 9.41. The minimum atomic E-state index is -4.41. The van der Waals surface area contributed by atoms with Crippen LogP contribution in [0.2, 0.25) is 5.02 Å². The van der Waals surface area contributed by atoms with Gasteiger partial charge >= 0.3 is 13.7 Å². The summed E-state index contributed by atoms with van der Waals surface area (Å²) in [5.74, 6) is 0. The number of aldehydes is 1. The number of halogens is 1. The van der Waals surface area contributed by atoms with Crippen LogP contribution in [0.1, 0.15) is 46.5 Å². The molecule has 2 rings (SSSR count). The number of carbonyl (C=O) groups is 2.